The van der Waals surface area contributed by atoms with E-state index in [2.05, 4.69) is 26.9 Å². The summed E-state index contributed by atoms with van der Waals surface area (Å²) in [5, 5.41) is 15.3. The van der Waals surface area contributed by atoms with Crippen LogP contribution in [0.5, 0.6) is 17.2 Å². The van der Waals surface area contributed by atoms with Gasteiger partial charge in [0.05, 0.1) is 27.0 Å². The standard InChI is InChI=1S/C19H19N5O3/c1-25-13-6-4-5-12(9-13)17-11-16(20-19-21-22-23-24(17)19)15-8-7-14(26-2)10-18(15)27-3/h4-11,17H,1-3H3,(H,20,21,23)/t17-/m1/s1. The normalized spacial score (nSPS) is 15.4. The number of fused-ring (bicyclic) bond motifs is 1. The number of aromatic nitrogens is 4. The highest BCUT2D eigenvalue weighted by Crippen LogP contribution is 2.36. The number of ether oxygens (including phenoxy) is 3. The van der Waals surface area contributed by atoms with Crippen LogP contribution >= 0.6 is 0 Å². The third kappa shape index (κ3) is 3.05. The van der Waals surface area contributed by atoms with Crippen molar-refractivity contribution in [2.45, 2.75) is 6.04 Å². The minimum atomic E-state index is -0.187. The van der Waals surface area contributed by atoms with Crippen LogP contribution in [-0.2, 0) is 0 Å². The van der Waals surface area contributed by atoms with Crippen molar-refractivity contribution in [2.24, 2.45) is 0 Å². The summed E-state index contributed by atoms with van der Waals surface area (Å²) < 4.78 is 17.9. The van der Waals surface area contributed by atoms with Gasteiger partial charge in [-0.15, -0.1) is 0 Å². The van der Waals surface area contributed by atoms with Crippen molar-refractivity contribution >= 4 is 11.6 Å². The lowest BCUT2D eigenvalue weighted by Gasteiger charge is -2.24. The van der Waals surface area contributed by atoms with E-state index in [-0.39, 0.29) is 6.04 Å². The van der Waals surface area contributed by atoms with Gasteiger partial charge < -0.3 is 19.5 Å². The van der Waals surface area contributed by atoms with Gasteiger partial charge in [-0.3, -0.25) is 0 Å². The zero-order chi connectivity index (χ0) is 18.8. The minimum Gasteiger partial charge on any atom is -0.497 e. The van der Waals surface area contributed by atoms with Gasteiger partial charge in [-0.25, -0.2) is 0 Å². The zero-order valence-corrected chi connectivity index (χ0v) is 15.2. The molecule has 1 aliphatic heterocycles. The Morgan fingerprint density at radius 2 is 1.78 bits per heavy atom. The SMILES string of the molecule is COc1cccc([C@H]2C=C(c3ccc(OC)cc3OC)Nc3nnnn32)c1. The van der Waals surface area contributed by atoms with Crippen LogP contribution in [0.25, 0.3) is 5.70 Å². The number of allylic oxidation sites excluding steroid dienone is 1. The number of anilines is 1. The monoisotopic (exact) mass is 365 g/mol. The van der Waals surface area contributed by atoms with Crippen molar-refractivity contribution in [3.05, 3.63) is 59.7 Å². The molecule has 2 heterocycles. The first-order valence-corrected chi connectivity index (χ1v) is 8.36. The van der Waals surface area contributed by atoms with Crippen molar-refractivity contribution in [3.8, 4) is 17.2 Å². The number of tetrazole rings is 1. The van der Waals surface area contributed by atoms with Crippen molar-refractivity contribution in [1.29, 1.82) is 0 Å². The molecule has 8 nitrogen and oxygen atoms in total. The molecule has 0 radical (unpaired) electrons. The number of hydrogen-bond donors (Lipinski definition) is 1. The highest BCUT2D eigenvalue weighted by Gasteiger charge is 2.26. The number of methoxy groups -OCH3 is 3. The zero-order valence-electron chi connectivity index (χ0n) is 15.2. The van der Waals surface area contributed by atoms with Gasteiger partial charge in [-0.2, -0.15) is 4.68 Å². The summed E-state index contributed by atoms with van der Waals surface area (Å²) in [7, 11) is 4.90. The first-order chi connectivity index (χ1) is 13.2. The van der Waals surface area contributed by atoms with Gasteiger partial charge in [-0.05, 0) is 46.3 Å². The molecule has 0 saturated carbocycles. The van der Waals surface area contributed by atoms with E-state index in [0.29, 0.717) is 11.7 Å². The van der Waals surface area contributed by atoms with E-state index in [1.807, 2.05) is 42.5 Å². The van der Waals surface area contributed by atoms with Crippen LogP contribution < -0.4 is 19.5 Å². The number of nitrogens with one attached hydrogen (secondary N) is 1. The predicted molar refractivity (Wildman–Crippen MR) is 100 cm³/mol. The van der Waals surface area contributed by atoms with Gasteiger partial charge in [-0.1, -0.05) is 17.2 Å². The third-order valence-corrected chi connectivity index (χ3v) is 4.46. The van der Waals surface area contributed by atoms with Crippen molar-refractivity contribution in [3.63, 3.8) is 0 Å². The number of rotatable bonds is 5. The van der Waals surface area contributed by atoms with Crippen LogP contribution in [0.15, 0.2) is 48.5 Å². The summed E-state index contributed by atoms with van der Waals surface area (Å²) >= 11 is 0. The first kappa shape index (κ1) is 16.9. The fourth-order valence-corrected chi connectivity index (χ4v) is 3.09. The summed E-state index contributed by atoms with van der Waals surface area (Å²) in [6.07, 6.45) is 2.06. The molecular weight excluding hydrogens is 346 g/mol. The lowest BCUT2D eigenvalue weighted by atomic mass is 10.0. The molecule has 1 N–H and O–H groups in total. The van der Waals surface area contributed by atoms with E-state index in [0.717, 1.165) is 28.3 Å². The molecule has 3 aromatic rings. The molecule has 0 spiro atoms. The minimum absolute atomic E-state index is 0.187. The predicted octanol–water partition coefficient (Wildman–Crippen LogP) is 2.75. The largest absolute Gasteiger partial charge is 0.497 e. The van der Waals surface area contributed by atoms with Gasteiger partial charge in [0.25, 0.3) is 0 Å². The van der Waals surface area contributed by atoms with Crippen LogP contribution in [0.1, 0.15) is 17.2 Å². The summed E-state index contributed by atoms with van der Waals surface area (Å²) in [5.41, 5.74) is 2.75. The highest BCUT2D eigenvalue weighted by atomic mass is 16.5. The quantitative estimate of drug-likeness (QED) is 0.744. The molecule has 0 bridgehead atoms. The van der Waals surface area contributed by atoms with Gasteiger partial charge in [0.2, 0.25) is 5.95 Å². The lowest BCUT2D eigenvalue weighted by Crippen LogP contribution is -2.20. The molecule has 27 heavy (non-hydrogen) atoms. The van der Waals surface area contributed by atoms with Crippen molar-refractivity contribution in [1.82, 2.24) is 20.2 Å². The lowest BCUT2D eigenvalue weighted by molar-refractivity contribution is 0.393. The highest BCUT2D eigenvalue weighted by molar-refractivity contribution is 5.80. The summed E-state index contributed by atoms with van der Waals surface area (Å²) in [6, 6.07) is 13.3. The average Bonchev–Trinajstić information content (AvgIpc) is 3.21. The van der Waals surface area contributed by atoms with Crippen LogP contribution in [0.4, 0.5) is 5.95 Å². The average molecular weight is 365 g/mol. The topological polar surface area (TPSA) is 83.3 Å². The second kappa shape index (κ2) is 6.99. The van der Waals surface area contributed by atoms with E-state index >= 15 is 0 Å². The Hall–Kier alpha value is -3.55. The van der Waals surface area contributed by atoms with Crippen molar-refractivity contribution < 1.29 is 14.2 Å². The number of nitrogens with zero attached hydrogens (tertiary/aromatic N) is 4. The Kier molecular flexibility index (Phi) is 4.37. The van der Waals surface area contributed by atoms with Gasteiger partial charge in [0, 0.05) is 11.6 Å². The molecule has 0 unspecified atom stereocenters. The Morgan fingerprint density at radius 1 is 0.963 bits per heavy atom. The van der Waals surface area contributed by atoms with E-state index in [1.54, 1.807) is 26.0 Å². The van der Waals surface area contributed by atoms with Crippen molar-refractivity contribution in [2.75, 3.05) is 26.6 Å². The Labute approximate surface area is 156 Å². The second-order valence-electron chi connectivity index (χ2n) is 5.94. The molecule has 0 aliphatic carbocycles. The van der Waals surface area contributed by atoms with Gasteiger partial charge in [0.1, 0.15) is 23.3 Å². The summed E-state index contributed by atoms with van der Waals surface area (Å²) in [4.78, 5) is 0. The van der Waals surface area contributed by atoms with Gasteiger partial charge >= 0.3 is 0 Å². The molecule has 8 heteroatoms. The fourth-order valence-electron chi connectivity index (χ4n) is 3.09. The Morgan fingerprint density at radius 3 is 2.56 bits per heavy atom. The smallest absolute Gasteiger partial charge is 0.248 e. The molecular formula is C19H19N5O3. The third-order valence-electron chi connectivity index (χ3n) is 4.46. The molecule has 1 atom stereocenters. The van der Waals surface area contributed by atoms with E-state index in [4.69, 9.17) is 14.2 Å². The number of hydrogen-bond acceptors (Lipinski definition) is 7. The molecule has 2 aromatic carbocycles. The van der Waals surface area contributed by atoms with E-state index in [9.17, 15) is 0 Å². The second-order valence-corrected chi connectivity index (χ2v) is 5.94. The Balaban J connectivity index is 1.81. The van der Waals surface area contributed by atoms with Crippen LogP contribution in [0, 0.1) is 0 Å². The Bertz CT molecular complexity index is 999. The number of benzene rings is 2. The summed E-state index contributed by atoms with van der Waals surface area (Å²) in [6.45, 7) is 0. The maximum Gasteiger partial charge on any atom is 0.248 e. The molecule has 0 fully saturated rings. The fraction of sp³-hybridized carbons (Fsp3) is 0.211. The van der Waals surface area contributed by atoms with Crippen LogP contribution in [0.2, 0.25) is 0 Å². The maximum atomic E-state index is 5.55. The molecule has 1 aromatic heterocycles. The van der Waals surface area contributed by atoms with Crippen LogP contribution in [-0.4, -0.2) is 41.5 Å². The first-order valence-electron chi connectivity index (χ1n) is 8.36. The molecule has 1 aliphatic rings. The van der Waals surface area contributed by atoms with Crippen LogP contribution in [0.3, 0.4) is 0 Å². The van der Waals surface area contributed by atoms with E-state index < -0.39 is 0 Å². The van der Waals surface area contributed by atoms with E-state index in [1.165, 1.54) is 0 Å². The van der Waals surface area contributed by atoms with Gasteiger partial charge in [0.15, 0.2) is 0 Å². The molecule has 138 valence electrons. The molecule has 0 amide bonds. The maximum absolute atomic E-state index is 5.55. The molecule has 0 saturated heterocycles. The summed E-state index contributed by atoms with van der Waals surface area (Å²) in [5.74, 6) is 2.75. The molecule has 4 rings (SSSR count).